The highest BCUT2D eigenvalue weighted by atomic mass is 35.5. The van der Waals surface area contributed by atoms with Gasteiger partial charge in [-0.2, -0.15) is 0 Å². The first-order chi connectivity index (χ1) is 18.1. The van der Waals surface area contributed by atoms with E-state index in [1.54, 1.807) is 36.5 Å². The number of alkyl halides is 3. The van der Waals surface area contributed by atoms with Crippen molar-refractivity contribution in [1.82, 2.24) is 15.0 Å². The van der Waals surface area contributed by atoms with Crippen LogP contribution < -0.4 is 15.4 Å². The fourth-order valence-corrected chi connectivity index (χ4v) is 3.94. The number of nitrogens with zero attached hydrogens (tertiary/aromatic N) is 2. The van der Waals surface area contributed by atoms with Crippen molar-refractivity contribution in [1.29, 1.82) is 0 Å². The second kappa shape index (κ2) is 10.1. The highest BCUT2D eigenvalue weighted by Gasteiger charge is 2.31. The van der Waals surface area contributed by atoms with E-state index in [1.165, 1.54) is 12.1 Å². The summed E-state index contributed by atoms with van der Waals surface area (Å²) in [6.07, 6.45) is -3.06. The van der Waals surface area contributed by atoms with Gasteiger partial charge in [-0.25, -0.2) is 9.97 Å². The number of carbonyl (C=O) groups is 1. The number of hydrogen-bond donors (Lipinski definition) is 3. The second-order valence-corrected chi connectivity index (χ2v) is 8.76. The van der Waals surface area contributed by atoms with E-state index in [0.29, 0.717) is 27.9 Å². The van der Waals surface area contributed by atoms with Crippen LogP contribution in [0.25, 0.3) is 22.3 Å². The van der Waals surface area contributed by atoms with Crippen molar-refractivity contribution in [2.45, 2.75) is 13.3 Å². The molecule has 0 saturated heterocycles. The molecule has 0 aliphatic rings. The molecular formula is C27H19ClF3N5O2. The normalized spacial score (nSPS) is 11.4. The number of anilines is 3. The van der Waals surface area contributed by atoms with E-state index in [-0.39, 0.29) is 11.3 Å². The van der Waals surface area contributed by atoms with Gasteiger partial charge in [-0.3, -0.25) is 4.79 Å². The molecule has 0 fully saturated rings. The van der Waals surface area contributed by atoms with E-state index in [1.807, 2.05) is 25.1 Å². The van der Waals surface area contributed by atoms with Crippen LogP contribution in [-0.4, -0.2) is 27.2 Å². The Bertz CT molecular complexity index is 1630. The number of ether oxygens (including phenoxy) is 1. The molecule has 0 aliphatic heterocycles. The Labute approximate surface area is 219 Å². The maximum atomic E-state index is 12.9. The van der Waals surface area contributed by atoms with Gasteiger partial charge in [-0.15, -0.1) is 13.2 Å². The summed E-state index contributed by atoms with van der Waals surface area (Å²) in [5, 5.41) is 6.38. The predicted molar refractivity (Wildman–Crippen MR) is 140 cm³/mol. The minimum absolute atomic E-state index is 0.153. The van der Waals surface area contributed by atoms with Crippen LogP contribution >= 0.6 is 11.6 Å². The van der Waals surface area contributed by atoms with E-state index >= 15 is 0 Å². The lowest BCUT2D eigenvalue weighted by Crippen LogP contribution is -2.17. The molecule has 11 heteroatoms. The van der Waals surface area contributed by atoms with E-state index in [0.717, 1.165) is 28.8 Å². The molecule has 0 radical (unpaired) electrons. The topological polar surface area (TPSA) is 91.9 Å². The van der Waals surface area contributed by atoms with Gasteiger partial charge in [0.1, 0.15) is 5.75 Å². The van der Waals surface area contributed by atoms with Crippen molar-refractivity contribution >= 4 is 45.9 Å². The van der Waals surface area contributed by atoms with Crippen molar-refractivity contribution in [2.75, 3.05) is 10.6 Å². The van der Waals surface area contributed by atoms with Gasteiger partial charge in [0.15, 0.2) is 0 Å². The third-order valence-electron chi connectivity index (χ3n) is 5.60. The summed E-state index contributed by atoms with van der Waals surface area (Å²) < 4.78 is 41.5. The van der Waals surface area contributed by atoms with E-state index in [2.05, 4.69) is 30.3 Å². The molecule has 2 aromatic heterocycles. The van der Waals surface area contributed by atoms with Crippen LogP contribution in [0, 0.1) is 6.92 Å². The number of aryl methyl sites for hydroxylation is 1. The zero-order valence-electron chi connectivity index (χ0n) is 19.7. The summed E-state index contributed by atoms with van der Waals surface area (Å²) in [4.78, 5) is 25.3. The highest BCUT2D eigenvalue weighted by Crippen LogP contribution is 2.30. The van der Waals surface area contributed by atoms with Gasteiger partial charge in [-0.1, -0.05) is 35.9 Å². The molecule has 7 nitrogen and oxygen atoms in total. The average Bonchev–Trinajstić information content (AvgIpc) is 3.33. The molecule has 5 aromatic rings. The highest BCUT2D eigenvalue weighted by molar-refractivity contribution is 6.30. The Morgan fingerprint density at radius 2 is 1.79 bits per heavy atom. The van der Waals surface area contributed by atoms with Crippen LogP contribution in [0.15, 0.2) is 79.0 Å². The summed E-state index contributed by atoms with van der Waals surface area (Å²) in [6.45, 7) is 1.86. The molecule has 0 unspecified atom stereocenters. The molecule has 2 heterocycles. The molecule has 0 saturated carbocycles. The van der Waals surface area contributed by atoms with Crippen LogP contribution in [0.2, 0.25) is 5.02 Å². The SMILES string of the molecule is Cc1ccc(C(=O)Nc2cccc(OC(F)(F)F)c2)cc1Nc1nc(-c2ccc(Cl)cc2)c2[nH]ccc2n1. The third-order valence-corrected chi connectivity index (χ3v) is 5.85. The molecule has 3 aromatic carbocycles. The number of fused-ring (bicyclic) bond motifs is 1. The molecule has 3 N–H and O–H groups in total. The number of carbonyl (C=O) groups excluding carboxylic acids is 1. The lowest BCUT2D eigenvalue weighted by atomic mass is 10.1. The van der Waals surface area contributed by atoms with Crippen LogP contribution in [0.3, 0.4) is 0 Å². The monoisotopic (exact) mass is 537 g/mol. The number of H-pyrrole nitrogens is 1. The number of halogens is 4. The lowest BCUT2D eigenvalue weighted by molar-refractivity contribution is -0.274. The largest absolute Gasteiger partial charge is 0.573 e. The van der Waals surface area contributed by atoms with Gasteiger partial charge in [0, 0.05) is 39.8 Å². The van der Waals surface area contributed by atoms with Gasteiger partial charge in [0.05, 0.1) is 16.7 Å². The first-order valence-electron chi connectivity index (χ1n) is 11.3. The summed E-state index contributed by atoms with van der Waals surface area (Å²) in [6, 6.07) is 19.1. The van der Waals surface area contributed by atoms with E-state index < -0.39 is 18.0 Å². The quantitative estimate of drug-likeness (QED) is 0.209. The zero-order valence-corrected chi connectivity index (χ0v) is 20.5. The number of hydrogen-bond acceptors (Lipinski definition) is 5. The molecule has 0 spiro atoms. The van der Waals surface area contributed by atoms with Crippen LogP contribution in [0.4, 0.5) is 30.5 Å². The Hall–Kier alpha value is -4.57. The Morgan fingerprint density at radius 1 is 1.00 bits per heavy atom. The summed E-state index contributed by atoms with van der Waals surface area (Å²) in [5.74, 6) is -0.629. The Morgan fingerprint density at radius 3 is 2.55 bits per heavy atom. The zero-order chi connectivity index (χ0) is 26.9. The van der Waals surface area contributed by atoms with Crippen molar-refractivity contribution in [3.05, 3.63) is 95.1 Å². The maximum absolute atomic E-state index is 12.9. The van der Waals surface area contributed by atoms with Crippen molar-refractivity contribution in [3.63, 3.8) is 0 Å². The van der Waals surface area contributed by atoms with Gasteiger partial charge < -0.3 is 20.4 Å². The first kappa shape index (κ1) is 25.1. The van der Waals surface area contributed by atoms with Gasteiger partial charge in [0.2, 0.25) is 5.95 Å². The number of nitrogens with one attached hydrogen (secondary N) is 3. The molecule has 0 bridgehead atoms. The fourth-order valence-electron chi connectivity index (χ4n) is 3.81. The third kappa shape index (κ3) is 5.70. The Kier molecular flexibility index (Phi) is 6.64. The second-order valence-electron chi connectivity index (χ2n) is 8.33. The van der Waals surface area contributed by atoms with Gasteiger partial charge >= 0.3 is 6.36 Å². The molecular weight excluding hydrogens is 519 g/mol. The molecule has 0 atom stereocenters. The summed E-state index contributed by atoms with van der Waals surface area (Å²) >= 11 is 6.04. The van der Waals surface area contributed by atoms with E-state index in [4.69, 9.17) is 11.6 Å². The lowest BCUT2D eigenvalue weighted by Gasteiger charge is -2.13. The smallest absolute Gasteiger partial charge is 0.406 e. The maximum Gasteiger partial charge on any atom is 0.573 e. The van der Waals surface area contributed by atoms with E-state index in [9.17, 15) is 18.0 Å². The average molecular weight is 538 g/mol. The first-order valence-corrected chi connectivity index (χ1v) is 11.7. The van der Waals surface area contributed by atoms with Crippen molar-refractivity contribution in [2.24, 2.45) is 0 Å². The van der Waals surface area contributed by atoms with Crippen LogP contribution in [-0.2, 0) is 0 Å². The fraction of sp³-hybridized carbons (Fsp3) is 0.0741. The Balaban J connectivity index is 1.41. The number of aromatic amines is 1. The molecule has 1 amide bonds. The van der Waals surface area contributed by atoms with Crippen molar-refractivity contribution < 1.29 is 22.7 Å². The molecule has 0 aliphatic carbocycles. The molecule has 192 valence electrons. The number of benzene rings is 3. The van der Waals surface area contributed by atoms with Gasteiger partial charge in [0.25, 0.3) is 5.91 Å². The van der Waals surface area contributed by atoms with Crippen molar-refractivity contribution in [3.8, 4) is 17.0 Å². The molecule has 38 heavy (non-hydrogen) atoms. The summed E-state index contributed by atoms with van der Waals surface area (Å²) in [5.41, 5.74) is 4.82. The number of aromatic nitrogens is 3. The van der Waals surface area contributed by atoms with Crippen LogP contribution in [0.1, 0.15) is 15.9 Å². The number of rotatable bonds is 6. The predicted octanol–water partition coefficient (Wildman–Crippen LogP) is 7.48. The van der Waals surface area contributed by atoms with Gasteiger partial charge in [-0.05, 0) is 55.0 Å². The number of amides is 1. The standard InChI is InChI=1S/C27H19ClF3N5O2/c1-15-5-6-17(25(37)33-19-3-2-4-20(14-19)38-27(29,30)31)13-22(15)35-26-34-21-11-12-32-24(21)23(36-26)16-7-9-18(28)10-8-16/h2-14,32H,1H3,(H,33,37)(H,34,35,36). The minimum Gasteiger partial charge on any atom is -0.406 e. The summed E-state index contributed by atoms with van der Waals surface area (Å²) in [7, 11) is 0. The molecule has 5 rings (SSSR count). The van der Waals surface area contributed by atoms with Crippen LogP contribution in [0.5, 0.6) is 5.75 Å². The minimum atomic E-state index is -4.83.